The van der Waals surface area contributed by atoms with E-state index in [0.29, 0.717) is 13.1 Å². The summed E-state index contributed by atoms with van der Waals surface area (Å²) in [6, 6.07) is 12.3. The Morgan fingerprint density at radius 2 is 1.70 bits per heavy atom. The molecule has 2 N–H and O–H groups in total. The molecule has 0 spiro atoms. The highest BCUT2D eigenvalue weighted by molar-refractivity contribution is 7.09. The molecule has 8 heteroatoms. The first-order chi connectivity index (χ1) is 14.4. The number of piperazine rings is 1. The van der Waals surface area contributed by atoms with Crippen molar-refractivity contribution in [3.63, 3.8) is 0 Å². The second-order valence-corrected chi connectivity index (χ2v) is 8.85. The van der Waals surface area contributed by atoms with E-state index in [-0.39, 0.29) is 6.04 Å². The molecule has 1 saturated heterocycles. The maximum absolute atomic E-state index is 12.4. The minimum atomic E-state index is -0.594. The Hall–Kier alpha value is -2.42. The van der Waals surface area contributed by atoms with Crippen LogP contribution in [-0.2, 0) is 16.1 Å². The van der Waals surface area contributed by atoms with Crippen LogP contribution >= 0.6 is 11.3 Å². The molecule has 1 aromatic carbocycles. The quantitative estimate of drug-likeness (QED) is 0.654. The summed E-state index contributed by atoms with van der Waals surface area (Å²) in [5.41, 5.74) is 2.28. The molecule has 162 valence electrons. The minimum absolute atomic E-state index is 0.0314. The van der Waals surface area contributed by atoms with Gasteiger partial charge in [0.2, 0.25) is 0 Å². The van der Waals surface area contributed by atoms with E-state index in [0.717, 1.165) is 42.3 Å². The second kappa shape index (κ2) is 10.6. The Bertz CT molecular complexity index is 815. The second-order valence-electron chi connectivity index (χ2n) is 7.81. The normalized spacial score (nSPS) is 16.1. The molecule has 0 radical (unpaired) electrons. The van der Waals surface area contributed by atoms with Crippen molar-refractivity contribution in [3.8, 4) is 0 Å². The minimum Gasteiger partial charge on any atom is -0.378 e. The van der Waals surface area contributed by atoms with Gasteiger partial charge in [-0.3, -0.25) is 14.5 Å². The van der Waals surface area contributed by atoms with E-state index < -0.39 is 11.8 Å². The lowest BCUT2D eigenvalue weighted by atomic mass is 10.0. The van der Waals surface area contributed by atoms with E-state index >= 15 is 0 Å². The first kappa shape index (κ1) is 22.3. The van der Waals surface area contributed by atoms with Gasteiger partial charge >= 0.3 is 11.8 Å². The molecule has 3 rings (SSSR count). The van der Waals surface area contributed by atoms with E-state index in [1.165, 1.54) is 0 Å². The van der Waals surface area contributed by atoms with Gasteiger partial charge in [0.25, 0.3) is 0 Å². The van der Waals surface area contributed by atoms with Crippen molar-refractivity contribution in [2.24, 2.45) is 0 Å². The zero-order valence-electron chi connectivity index (χ0n) is 17.9. The average molecular weight is 430 g/mol. The summed E-state index contributed by atoms with van der Waals surface area (Å²) >= 11 is 1.55. The molecule has 2 aromatic rings. The third-order valence-corrected chi connectivity index (χ3v) is 6.31. The van der Waals surface area contributed by atoms with Crippen molar-refractivity contribution in [2.75, 3.05) is 58.8 Å². The Morgan fingerprint density at radius 3 is 2.30 bits per heavy atom. The third kappa shape index (κ3) is 6.04. The Balaban J connectivity index is 1.62. The molecule has 7 nitrogen and oxygen atoms in total. The highest BCUT2D eigenvalue weighted by Gasteiger charge is 2.25. The topological polar surface area (TPSA) is 67.9 Å². The molecule has 0 saturated carbocycles. The van der Waals surface area contributed by atoms with E-state index in [1.54, 1.807) is 11.3 Å². The summed E-state index contributed by atoms with van der Waals surface area (Å²) < 4.78 is 0. The van der Waals surface area contributed by atoms with Crippen molar-refractivity contribution in [1.82, 2.24) is 20.4 Å². The highest BCUT2D eigenvalue weighted by atomic mass is 32.1. The SMILES string of the molecule is CN1CCN(C(CNC(=O)C(=O)NCc2cccs2)c2ccc(N(C)C)cc2)CC1. The largest absolute Gasteiger partial charge is 0.378 e. The summed E-state index contributed by atoms with van der Waals surface area (Å²) in [6.07, 6.45) is 0. The fourth-order valence-electron chi connectivity index (χ4n) is 3.52. The van der Waals surface area contributed by atoms with Gasteiger partial charge in [0.05, 0.1) is 12.6 Å². The van der Waals surface area contributed by atoms with Crippen LogP contribution in [0.3, 0.4) is 0 Å². The fourth-order valence-corrected chi connectivity index (χ4v) is 4.16. The Labute approximate surface area is 182 Å². The van der Waals surface area contributed by atoms with Crippen LogP contribution < -0.4 is 15.5 Å². The lowest BCUT2D eigenvalue weighted by Crippen LogP contribution is -2.49. The number of rotatable bonds is 7. The van der Waals surface area contributed by atoms with Crippen molar-refractivity contribution in [3.05, 3.63) is 52.2 Å². The molecule has 2 heterocycles. The molecule has 1 aromatic heterocycles. The van der Waals surface area contributed by atoms with Gasteiger partial charge in [-0.1, -0.05) is 18.2 Å². The van der Waals surface area contributed by atoms with Crippen LogP contribution in [0.1, 0.15) is 16.5 Å². The maximum Gasteiger partial charge on any atom is 0.309 e. The van der Waals surface area contributed by atoms with E-state index in [2.05, 4.69) is 56.6 Å². The smallest absolute Gasteiger partial charge is 0.309 e. The fraction of sp³-hybridized carbons (Fsp3) is 0.455. The van der Waals surface area contributed by atoms with Gasteiger partial charge < -0.3 is 20.4 Å². The molecular formula is C22H31N5O2S. The molecule has 0 aliphatic carbocycles. The number of thiophene rings is 1. The molecule has 1 aliphatic heterocycles. The number of carbonyl (C=O) groups excluding carboxylic acids is 2. The van der Waals surface area contributed by atoms with Crippen LogP contribution in [0.5, 0.6) is 0 Å². The summed E-state index contributed by atoms with van der Waals surface area (Å²) in [5.74, 6) is -1.18. The van der Waals surface area contributed by atoms with Gasteiger partial charge in [0, 0.05) is 57.4 Å². The standard InChI is InChI=1S/C22H31N5O2S/c1-25(2)18-8-6-17(7-9-18)20(27-12-10-26(3)11-13-27)16-24-22(29)21(28)23-15-19-5-4-14-30-19/h4-9,14,20H,10-13,15-16H2,1-3H3,(H,23,28)(H,24,29). The monoisotopic (exact) mass is 429 g/mol. The van der Waals surface area contributed by atoms with Crippen molar-refractivity contribution >= 4 is 28.8 Å². The number of benzene rings is 1. The molecule has 1 atom stereocenters. The third-order valence-electron chi connectivity index (χ3n) is 5.44. The van der Waals surface area contributed by atoms with Crippen molar-refractivity contribution in [1.29, 1.82) is 0 Å². The van der Waals surface area contributed by atoms with Crippen LogP contribution in [0.2, 0.25) is 0 Å². The zero-order chi connectivity index (χ0) is 21.5. The number of likely N-dealkylation sites (N-methyl/N-ethyl adjacent to an activating group) is 1. The first-order valence-corrected chi connectivity index (χ1v) is 11.1. The number of nitrogens with one attached hydrogen (secondary N) is 2. The van der Waals surface area contributed by atoms with Crippen LogP contribution in [0, 0.1) is 0 Å². The average Bonchev–Trinajstić information content (AvgIpc) is 3.27. The first-order valence-electron chi connectivity index (χ1n) is 10.2. The number of amides is 2. The van der Waals surface area contributed by atoms with Crippen molar-refractivity contribution < 1.29 is 9.59 Å². The van der Waals surface area contributed by atoms with Gasteiger partial charge in [0.15, 0.2) is 0 Å². The molecule has 1 unspecified atom stereocenters. The van der Waals surface area contributed by atoms with Crippen molar-refractivity contribution in [2.45, 2.75) is 12.6 Å². The highest BCUT2D eigenvalue weighted by Crippen LogP contribution is 2.24. The molecule has 1 fully saturated rings. The molecular weight excluding hydrogens is 398 g/mol. The Kier molecular flexibility index (Phi) is 7.84. The number of nitrogens with zero attached hydrogens (tertiary/aromatic N) is 3. The molecule has 1 aliphatic rings. The van der Waals surface area contributed by atoms with Gasteiger partial charge in [-0.05, 0) is 36.2 Å². The van der Waals surface area contributed by atoms with Gasteiger partial charge in [-0.25, -0.2) is 0 Å². The summed E-state index contributed by atoms with van der Waals surface area (Å²) in [4.78, 5) is 32.3. The Morgan fingerprint density at radius 1 is 1.03 bits per heavy atom. The molecule has 2 amide bonds. The lowest BCUT2D eigenvalue weighted by Gasteiger charge is -2.38. The maximum atomic E-state index is 12.4. The van der Waals surface area contributed by atoms with E-state index in [4.69, 9.17) is 0 Å². The van der Waals surface area contributed by atoms with Gasteiger partial charge in [-0.2, -0.15) is 0 Å². The summed E-state index contributed by atoms with van der Waals surface area (Å²) in [7, 11) is 6.15. The van der Waals surface area contributed by atoms with Crippen LogP contribution in [0.4, 0.5) is 5.69 Å². The summed E-state index contributed by atoms with van der Waals surface area (Å²) in [6.45, 7) is 4.60. The summed E-state index contributed by atoms with van der Waals surface area (Å²) in [5, 5.41) is 7.48. The number of hydrogen-bond donors (Lipinski definition) is 2. The number of hydrogen-bond acceptors (Lipinski definition) is 6. The lowest BCUT2D eigenvalue weighted by molar-refractivity contribution is -0.139. The van der Waals surface area contributed by atoms with Crippen LogP contribution in [0.25, 0.3) is 0 Å². The van der Waals surface area contributed by atoms with Gasteiger partial charge in [-0.15, -0.1) is 11.3 Å². The number of carbonyl (C=O) groups is 2. The van der Waals surface area contributed by atoms with Crippen LogP contribution in [-0.4, -0.2) is 75.5 Å². The van der Waals surface area contributed by atoms with Crippen LogP contribution in [0.15, 0.2) is 41.8 Å². The van der Waals surface area contributed by atoms with E-state index in [9.17, 15) is 9.59 Å². The predicted molar refractivity (Wildman–Crippen MR) is 122 cm³/mol. The predicted octanol–water partition coefficient (Wildman–Crippen LogP) is 1.54. The molecule has 30 heavy (non-hydrogen) atoms. The van der Waals surface area contributed by atoms with Gasteiger partial charge in [0.1, 0.15) is 0 Å². The van der Waals surface area contributed by atoms with E-state index in [1.807, 2.05) is 31.6 Å². The number of anilines is 1. The molecule has 0 bridgehead atoms. The zero-order valence-corrected chi connectivity index (χ0v) is 18.7.